The summed E-state index contributed by atoms with van der Waals surface area (Å²) >= 11 is 0. The molecule has 0 bridgehead atoms. The molecular weight excluding hydrogens is 290 g/mol. The number of hydrogen-bond acceptors (Lipinski definition) is 4. The van der Waals surface area contributed by atoms with E-state index in [2.05, 4.69) is 20.7 Å². The van der Waals surface area contributed by atoms with Crippen LogP contribution < -0.4 is 5.32 Å². The van der Waals surface area contributed by atoms with Crippen molar-refractivity contribution in [2.75, 3.05) is 6.54 Å². The lowest BCUT2D eigenvalue weighted by Gasteiger charge is -2.09. The van der Waals surface area contributed by atoms with Gasteiger partial charge in [-0.05, 0) is 24.0 Å². The average molecular weight is 313 g/mol. The smallest absolute Gasteiger partial charge is 0.243 e. The first kappa shape index (κ1) is 15.6. The second-order valence-corrected chi connectivity index (χ2v) is 6.15. The van der Waals surface area contributed by atoms with E-state index in [1.165, 1.54) is 36.9 Å². The molecule has 1 fully saturated rings. The highest BCUT2D eigenvalue weighted by Gasteiger charge is 2.14. The monoisotopic (exact) mass is 313 g/mol. The lowest BCUT2D eigenvalue weighted by atomic mass is 10.0. The first-order valence-corrected chi connectivity index (χ1v) is 8.41. The molecule has 122 valence electrons. The standard InChI is InChI=1S/C17H23N5O/c23-16(18-12-6-9-14-7-4-5-8-14)13-22-20-17(19-21-22)15-10-2-1-3-11-15/h1-3,10-11,14H,4-9,12-13H2,(H,18,23). The molecule has 1 N–H and O–H groups in total. The van der Waals surface area contributed by atoms with Gasteiger partial charge in [0.1, 0.15) is 6.54 Å². The summed E-state index contributed by atoms with van der Waals surface area (Å²) in [6, 6.07) is 9.63. The van der Waals surface area contributed by atoms with E-state index in [0.29, 0.717) is 5.82 Å². The summed E-state index contributed by atoms with van der Waals surface area (Å²) in [5.74, 6) is 1.35. The summed E-state index contributed by atoms with van der Waals surface area (Å²) < 4.78 is 0. The van der Waals surface area contributed by atoms with E-state index in [0.717, 1.165) is 24.4 Å². The van der Waals surface area contributed by atoms with Gasteiger partial charge in [-0.1, -0.05) is 56.0 Å². The van der Waals surface area contributed by atoms with E-state index in [4.69, 9.17) is 0 Å². The minimum atomic E-state index is -0.0616. The normalized spacial score (nSPS) is 15.0. The third-order valence-corrected chi connectivity index (χ3v) is 4.36. The van der Waals surface area contributed by atoms with Crippen LogP contribution in [-0.4, -0.2) is 32.7 Å². The Morgan fingerprint density at radius 1 is 1.22 bits per heavy atom. The highest BCUT2D eigenvalue weighted by atomic mass is 16.2. The van der Waals surface area contributed by atoms with Crippen LogP contribution >= 0.6 is 0 Å². The van der Waals surface area contributed by atoms with Gasteiger partial charge in [-0.2, -0.15) is 4.80 Å². The third kappa shape index (κ3) is 4.61. The molecule has 1 heterocycles. The molecule has 0 aliphatic heterocycles. The number of amides is 1. The van der Waals surface area contributed by atoms with Crippen molar-refractivity contribution in [2.24, 2.45) is 5.92 Å². The molecule has 23 heavy (non-hydrogen) atoms. The minimum Gasteiger partial charge on any atom is -0.354 e. The van der Waals surface area contributed by atoms with Crippen molar-refractivity contribution in [3.05, 3.63) is 30.3 Å². The lowest BCUT2D eigenvalue weighted by molar-refractivity contribution is -0.122. The Hall–Kier alpha value is -2.24. The van der Waals surface area contributed by atoms with E-state index >= 15 is 0 Å². The molecule has 2 aromatic rings. The first-order valence-electron chi connectivity index (χ1n) is 8.41. The van der Waals surface area contributed by atoms with Crippen LogP contribution in [0.1, 0.15) is 38.5 Å². The number of hydrogen-bond donors (Lipinski definition) is 1. The molecular formula is C17H23N5O. The summed E-state index contributed by atoms with van der Waals surface area (Å²) in [5, 5.41) is 15.1. The maximum atomic E-state index is 11.9. The fourth-order valence-electron chi connectivity index (χ4n) is 3.11. The Labute approximate surface area is 136 Å². The Balaban J connectivity index is 1.40. The van der Waals surface area contributed by atoms with Gasteiger partial charge in [0.25, 0.3) is 0 Å². The fraction of sp³-hybridized carbons (Fsp3) is 0.529. The SMILES string of the molecule is O=C(Cn1nnc(-c2ccccc2)n1)NCCCC1CCCC1. The number of nitrogens with one attached hydrogen (secondary N) is 1. The molecule has 1 saturated carbocycles. The average Bonchev–Trinajstić information content (AvgIpc) is 3.24. The molecule has 1 amide bonds. The molecule has 1 aromatic carbocycles. The van der Waals surface area contributed by atoms with Crippen molar-refractivity contribution in [1.29, 1.82) is 0 Å². The van der Waals surface area contributed by atoms with Crippen molar-refractivity contribution in [3.8, 4) is 11.4 Å². The Kier molecular flexibility index (Phi) is 5.34. The number of aromatic nitrogens is 4. The molecule has 0 spiro atoms. The van der Waals surface area contributed by atoms with E-state index in [9.17, 15) is 4.79 Å². The third-order valence-electron chi connectivity index (χ3n) is 4.36. The maximum Gasteiger partial charge on any atom is 0.243 e. The van der Waals surface area contributed by atoms with Crippen LogP contribution in [0.5, 0.6) is 0 Å². The van der Waals surface area contributed by atoms with Crippen LogP contribution in [0.25, 0.3) is 11.4 Å². The molecule has 0 radical (unpaired) electrons. The molecule has 6 heteroatoms. The van der Waals surface area contributed by atoms with Crippen molar-refractivity contribution >= 4 is 5.91 Å². The second kappa shape index (κ2) is 7.85. The van der Waals surface area contributed by atoms with E-state index < -0.39 is 0 Å². The zero-order valence-electron chi connectivity index (χ0n) is 13.3. The van der Waals surface area contributed by atoms with Gasteiger partial charge in [-0.3, -0.25) is 4.79 Å². The number of benzene rings is 1. The van der Waals surface area contributed by atoms with Gasteiger partial charge >= 0.3 is 0 Å². The van der Waals surface area contributed by atoms with E-state index in [1.807, 2.05) is 30.3 Å². The topological polar surface area (TPSA) is 72.7 Å². The molecule has 6 nitrogen and oxygen atoms in total. The maximum absolute atomic E-state index is 11.9. The van der Waals surface area contributed by atoms with Gasteiger partial charge in [0.05, 0.1) is 0 Å². The van der Waals surface area contributed by atoms with Gasteiger partial charge < -0.3 is 5.32 Å². The van der Waals surface area contributed by atoms with Crippen molar-refractivity contribution < 1.29 is 4.79 Å². The van der Waals surface area contributed by atoms with Gasteiger partial charge in [0.15, 0.2) is 0 Å². The number of carbonyl (C=O) groups excluding carboxylic acids is 1. The highest BCUT2D eigenvalue weighted by molar-refractivity contribution is 5.75. The minimum absolute atomic E-state index is 0.0616. The molecule has 0 atom stereocenters. The van der Waals surface area contributed by atoms with Gasteiger partial charge in [-0.25, -0.2) is 0 Å². The zero-order chi connectivity index (χ0) is 15.9. The Morgan fingerprint density at radius 3 is 2.78 bits per heavy atom. The number of nitrogens with zero attached hydrogens (tertiary/aromatic N) is 4. The van der Waals surface area contributed by atoms with Crippen LogP contribution in [0.3, 0.4) is 0 Å². The van der Waals surface area contributed by atoms with E-state index in [-0.39, 0.29) is 12.5 Å². The van der Waals surface area contributed by atoms with Crippen LogP contribution in [0, 0.1) is 5.92 Å². The Morgan fingerprint density at radius 2 is 2.00 bits per heavy atom. The molecule has 1 aliphatic rings. The van der Waals surface area contributed by atoms with Crippen LogP contribution in [0.15, 0.2) is 30.3 Å². The largest absolute Gasteiger partial charge is 0.354 e. The quantitative estimate of drug-likeness (QED) is 0.797. The summed E-state index contributed by atoms with van der Waals surface area (Å²) in [4.78, 5) is 13.3. The summed E-state index contributed by atoms with van der Waals surface area (Å²) in [6.45, 7) is 0.846. The van der Waals surface area contributed by atoms with Crippen LogP contribution in [0.2, 0.25) is 0 Å². The molecule has 1 aliphatic carbocycles. The molecule has 1 aromatic heterocycles. The predicted molar refractivity (Wildman–Crippen MR) is 87.5 cm³/mol. The van der Waals surface area contributed by atoms with Crippen molar-refractivity contribution in [1.82, 2.24) is 25.5 Å². The molecule has 3 rings (SSSR count). The highest BCUT2D eigenvalue weighted by Crippen LogP contribution is 2.28. The fourth-order valence-corrected chi connectivity index (χ4v) is 3.11. The number of rotatable bonds is 7. The van der Waals surface area contributed by atoms with E-state index in [1.54, 1.807) is 0 Å². The number of carbonyl (C=O) groups is 1. The van der Waals surface area contributed by atoms with Crippen molar-refractivity contribution in [2.45, 2.75) is 45.1 Å². The predicted octanol–water partition coefficient (Wildman–Crippen LogP) is 2.43. The number of tetrazole rings is 1. The van der Waals surface area contributed by atoms with Crippen molar-refractivity contribution in [3.63, 3.8) is 0 Å². The Bertz CT molecular complexity index is 619. The molecule has 0 saturated heterocycles. The first-order chi connectivity index (χ1) is 11.3. The lowest BCUT2D eigenvalue weighted by Crippen LogP contribution is -2.29. The van der Waals surface area contributed by atoms with Gasteiger partial charge in [-0.15, -0.1) is 10.2 Å². The van der Waals surface area contributed by atoms with Crippen LogP contribution in [-0.2, 0) is 11.3 Å². The zero-order valence-corrected chi connectivity index (χ0v) is 13.3. The van der Waals surface area contributed by atoms with Gasteiger partial charge in [0, 0.05) is 12.1 Å². The van der Waals surface area contributed by atoms with Gasteiger partial charge in [0.2, 0.25) is 11.7 Å². The summed E-state index contributed by atoms with van der Waals surface area (Å²) in [5.41, 5.74) is 0.899. The summed E-state index contributed by atoms with van der Waals surface area (Å²) in [7, 11) is 0. The van der Waals surface area contributed by atoms with Crippen LogP contribution in [0.4, 0.5) is 0 Å². The summed E-state index contributed by atoms with van der Waals surface area (Å²) in [6.07, 6.45) is 7.74. The molecule has 0 unspecified atom stereocenters. The second-order valence-electron chi connectivity index (χ2n) is 6.15.